The molecule has 0 aromatic heterocycles. The Morgan fingerprint density at radius 2 is 1.58 bits per heavy atom. The highest BCUT2D eigenvalue weighted by atomic mass is 16.5. The van der Waals surface area contributed by atoms with Gasteiger partial charge in [0.05, 0.1) is 32.8 Å². The average molecular weight is 586 g/mol. The molecule has 2 fully saturated rings. The topological polar surface area (TPSA) is 106 Å². The molecule has 2 aliphatic rings. The van der Waals surface area contributed by atoms with Crippen molar-refractivity contribution in [3.05, 3.63) is 102 Å². The molecule has 2 amide bonds. The number of nitrogens with zero attached hydrogens (tertiary/aromatic N) is 4. The summed E-state index contributed by atoms with van der Waals surface area (Å²) in [6, 6.07) is 26.7. The van der Waals surface area contributed by atoms with Gasteiger partial charge in [0.1, 0.15) is 18.0 Å². The lowest BCUT2D eigenvalue weighted by atomic mass is 9.90. The molecule has 0 bridgehead atoms. The number of carbonyl (C=O) groups excluding carboxylic acids is 2. The summed E-state index contributed by atoms with van der Waals surface area (Å²) in [6.07, 6.45) is -1.23. The van der Waals surface area contributed by atoms with Crippen LogP contribution in [0, 0.1) is 0 Å². The summed E-state index contributed by atoms with van der Waals surface area (Å²) in [7, 11) is 3.48. The van der Waals surface area contributed by atoms with Crippen LogP contribution in [0.5, 0.6) is 5.75 Å². The fraction of sp³-hybridized carbons (Fsp3) is 0.364. The summed E-state index contributed by atoms with van der Waals surface area (Å²) in [5, 5.41) is 17.3. The number of carboxylic acid groups (broad SMARTS) is 1. The van der Waals surface area contributed by atoms with E-state index >= 15 is 0 Å². The zero-order chi connectivity index (χ0) is 30.5. The molecule has 1 unspecified atom stereocenters. The van der Waals surface area contributed by atoms with Gasteiger partial charge < -0.3 is 19.6 Å². The van der Waals surface area contributed by atoms with Gasteiger partial charge in [0.25, 0.3) is 0 Å². The molecule has 10 nitrogen and oxygen atoms in total. The first-order valence-corrected chi connectivity index (χ1v) is 14.5. The average Bonchev–Trinajstić information content (AvgIpc) is 3.01. The standard InChI is InChI=1S/C33H39N5O5/c1-23(34-19-24-14-16-27(43-3)17-15-24)38-30-21-36(33(42)29(18-32(40)41)37(30)31(39)22-35(38)2)20-28(25-10-6-4-7-11-25)26-12-8-5-9-13-26/h4-17,23,28-30,34H,18-22H2,1-3H3,(H,40,41)/t23?,29-,30-/m0/s1. The van der Waals surface area contributed by atoms with Gasteiger partial charge in [-0.25, -0.2) is 10.0 Å². The molecule has 0 spiro atoms. The molecular formula is C33H39N5O5. The van der Waals surface area contributed by atoms with Gasteiger partial charge in [-0.1, -0.05) is 72.8 Å². The summed E-state index contributed by atoms with van der Waals surface area (Å²) in [4.78, 5) is 42.6. The van der Waals surface area contributed by atoms with Crippen LogP contribution in [0.4, 0.5) is 0 Å². The summed E-state index contributed by atoms with van der Waals surface area (Å²) in [6.45, 7) is 3.23. The van der Waals surface area contributed by atoms with Crippen LogP contribution in [-0.2, 0) is 20.9 Å². The number of likely N-dealkylation sites (N-methyl/N-ethyl adjacent to an activating group) is 1. The van der Waals surface area contributed by atoms with Gasteiger partial charge in [-0.2, -0.15) is 0 Å². The third-order valence-corrected chi connectivity index (χ3v) is 8.32. The van der Waals surface area contributed by atoms with Gasteiger partial charge in [0.2, 0.25) is 11.8 Å². The molecule has 3 atom stereocenters. The lowest BCUT2D eigenvalue weighted by molar-refractivity contribution is -0.210. The zero-order valence-corrected chi connectivity index (χ0v) is 24.8. The summed E-state index contributed by atoms with van der Waals surface area (Å²) in [5.74, 6) is -1.06. The minimum atomic E-state index is -1.12. The molecule has 226 valence electrons. The number of nitrogens with one attached hydrogen (secondary N) is 1. The number of hydrazine groups is 1. The van der Waals surface area contributed by atoms with E-state index in [1.54, 1.807) is 12.0 Å². The zero-order valence-electron chi connectivity index (χ0n) is 24.8. The van der Waals surface area contributed by atoms with Crippen LogP contribution >= 0.6 is 0 Å². The third kappa shape index (κ3) is 6.72. The van der Waals surface area contributed by atoms with Crippen molar-refractivity contribution in [1.29, 1.82) is 0 Å². The van der Waals surface area contributed by atoms with Crippen LogP contribution in [0.2, 0.25) is 0 Å². The molecule has 3 aromatic carbocycles. The van der Waals surface area contributed by atoms with Gasteiger partial charge in [0.15, 0.2) is 0 Å². The quantitative estimate of drug-likeness (QED) is 0.354. The van der Waals surface area contributed by atoms with E-state index in [0.717, 1.165) is 22.4 Å². The largest absolute Gasteiger partial charge is 0.497 e. The molecule has 0 aliphatic carbocycles. The first kappa shape index (κ1) is 30.2. The van der Waals surface area contributed by atoms with Crippen LogP contribution in [0.3, 0.4) is 0 Å². The molecule has 2 heterocycles. The molecule has 10 heteroatoms. The van der Waals surface area contributed by atoms with Crippen molar-refractivity contribution in [3.63, 3.8) is 0 Å². The minimum Gasteiger partial charge on any atom is -0.497 e. The van der Waals surface area contributed by atoms with E-state index in [1.165, 1.54) is 4.90 Å². The lowest BCUT2D eigenvalue weighted by Gasteiger charge is -2.56. The van der Waals surface area contributed by atoms with Crippen LogP contribution in [-0.4, -0.2) is 94.9 Å². The fourth-order valence-electron chi connectivity index (χ4n) is 6.22. The van der Waals surface area contributed by atoms with Crippen molar-refractivity contribution in [3.8, 4) is 5.75 Å². The van der Waals surface area contributed by atoms with E-state index < -0.39 is 24.6 Å². The second kappa shape index (κ2) is 13.4. The van der Waals surface area contributed by atoms with Crippen LogP contribution in [0.1, 0.15) is 36.0 Å². The molecule has 43 heavy (non-hydrogen) atoms. The summed E-state index contributed by atoms with van der Waals surface area (Å²) >= 11 is 0. The Kier molecular flexibility index (Phi) is 9.40. The highest BCUT2D eigenvalue weighted by Crippen LogP contribution is 2.32. The number of rotatable bonds is 11. The van der Waals surface area contributed by atoms with E-state index in [9.17, 15) is 19.5 Å². The highest BCUT2D eigenvalue weighted by molar-refractivity contribution is 5.93. The van der Waals surface area contributed by atoms with Gasteiger partial charge in [-0.3, -0.25) is 19.7 Å². The number of carbonyl (C=O) groups is 3. The second-order valence-corrected chi connectivity index (χ2v) is 11.1. The normalized spacial score (nSPS) is 20.3. The fourth-order valence-corrected chi connectivity index (χ4v) is 6.22. The Balaban J connectivity index is 1.44. The summed E-state index contributed by atoms with van der Waals surface area (Å²) in [5.41, 5.74) is 3.18. The summed E-state index contributed by atoms with van der Waals surface area (Å²) < 4.78 is 5.27. The minimum absolute atomic E-state index is 0.0467. The number of amides is 2. The molecule has 0 saturated carbocycles. The maximum atomic E-state index is 14.0. The highest BCUT2D eigenvalue weighted by Gasteiger charge is 2.51. The van der Waals surface area contributed by atoms with E-state index in [4.69, 9.17) is 4.74 Å². The Morgan fingerprint density at radius 1 is 0.977 bits per heavy atom. The molecule has 5 rings (SSSR count). The predicted octanol–water partition coefficient (Wildman–Crippen LogP) is 2.97. The SMILES string of the molecule is COc1ccc(CNC(C)N2[C@H]3CN(CC(c4ccccc4)c4ccccc4)C(=O)[C@H](CC(=O)O)N3C(=O)CN2C)cc1. The Hall–Kier alpha value is -4.25. The third-order valence-electron chi connectivity index (χ3n) is 8.32. The Labute approximate surface area is 252 Å². The molecule has 3 aromatic rings. The monoisotopic (exact) mass is 585 g/mol. The molecule has 2 aliphatic heterocycles. The second-order valence-electron chi connectivity index (χ2n) is 11.1. The van der Waals surface area contributed by atoms with Crippen LogP contribution in [0.15, 0.2) is 84.9 Å². The number of hydrogen-bond acceptors (Lipinski definition) is 7. The van der Waals surface area contributed by atoms with Gasteiger partial charge >= 0.3 is 5.97 Å². The van der Waals surface area contributed by atoms with Gasteiger partial charge in [0, 0.05) is 26.1 Å². The van der Waals surface area contributed by atoms with E-state index in [2.05, 4.69) is 10.3 Å². The number of methoxy groups -OCH3 is 1. The lowest BCUT2D eigenvalue weighted by Crippen LogP contribution is -2.76. The number of aliphatic carboxylic acids is 1. The Bertz CT molecular complexity index is 1360. The van der Waals surface area contributed by atoms with E-state index in [1.807, 2.05) is 104 Å². The number of hydrogen-bond donors (Lipinski definition) is 2. The maximum Gasteiger partial charge on any atom is 0.305 e. The van der Waals surface area contributed by atoms with Crippen LogP contribution in [0.25, 0.3) is 0 Å². The smallest absolute Gasteiger partial charge is 0.305 e. The molecule has 2 N–H and O–H groups in total. The number of carboxylic acids is 1. The molecule has 2 saturated heterocycles. The Morgan fingerprint density at radius 3 is 2.14 bits per heavy atom. The van der Waals surface area contributed by atoms with Crippen molar-refractivity contribution in [2.45, 2.75) is 44.2 Å². The van der Waals surface area contributed by atoms with E-state index in [-0.39, 0.29) is 37.0 Å². The van der Waals surface area contributed by atoms with E-state index in [0.29, 0.717) is 13.1 Å². The number of ether oxygens (including phenoxy) is 1. The van der Waals surface area contributed by atoms with Crippen molar-refractivity contribution in [2.24, 2.45) is 0 Å². The van der Waals surface area contributed by atoms with Crippen molar-refractivity contribution >= 4 is 17.8 Å². The van der Waals surface area contributed by atoms with Gasteiger partial charge in [-0.05, 0) is 35.7 Å². The maximum absolute atomic E-state index is 14.0. The van der Waals surface area contributed by atoms with Crippen molar-refractivity contribution in [1.82, 2.24) is 25.1 Å². The van der Waals surface area contributed by atoms with Crippen molar-refractivity contribution in [2.75, 3.05) is 33.8 Å². The molecular weight excluding hydrogens is 546 g/mol. The number of benzene rings is 3. The molecule has 0 radical (unpaired) electrons. The predicted molar refractivity (Wildman–Crippen MR) is 162 cm³/mol. The van der Waals surface area contributed by atoms with Crippen LogP contribution < -0.4 is 10.1 Å². The number of piperazine rings is 1. The van der Waals surface area contributed by atoms with Gasteiger partial charge in [-0.15, -0.1) is 0 Å². The first-order chi connectivity index (χ1) is 20.8. The van der Waals surface area contributed by atoms with Crippen molar-refractivity contribution < 1.29 is 24.2 Å². The first-order valence-electron chi connectivity index (χ1n) is 14.5. The number of fused-ring (bicyclic) bond motifs is 1.